The minimum Gasteiger partial charge on any atom is -0.370 e. The number of aliphatic imine (C=N–C) groups is 1. The van der Waals surface area contributed by atoms with Gasteiger partial charge in [0.15, 0.2) is 5.96 Å². The minimum absolute atomic E-state index is 0. The molecule has 1 aromatic rings. The molecular weight excluding hydrogens is 399 g/mol. The lowest BCUT2D eigenvalue weighted by Gasteiger charge is -2.22. The van der Waals surface area contributed by atoms with Crippen LogP contribution in [0.5, 0.6) is 0 Å². The fourth-order valence-electron chi connectivity index (χ4n) is 3.02. The Hall–Kier alpha value is -0.820. The lowest BCUT2D eigenvalue weighted by Crippen LogP contribution is -2.32. The molecule has 23 heavy (non-hydrogen) atoms. The highest BCUT2D eigenvalue weighted by Crippen LogP contribution is 2.22. The second-order valence-electron chi connectivity index (χ2n) is 6.59. The Morgan fingerprint density at radius 2 is 2.04 bits per heavy atom. The lowest BCUT2D eigenvalue weighted by atomic mass is 10.0. The summed E-state index contributed by atoms with van der Waals surface area (Å²) in [5.41, 5.74) is 8.31. The summed E-state index contributed by atoms with van der Waals surface area (Å²) in [5.74, 6) is 1.01. The van der Waals surface area contributed by atoms with E-state index in [1.165, 1.54) is 31.2 Å². The third kappa shape index (κ3) is 6.67. The smallest absolute Gasteiger partial charge is 0.193 e. The molecular formula is C18H31IN4. The number of hydrogen-bond donors (Lipinski definition) is 2. The van der Waals surface area contributed by atoms with E-state index in [4.69, 9.17) is 5.73 Å². The number of benzene rings is 1. The first kappa shape index (κ1) is 20.2. The molecule has 0 atom stereocenters. The van der Waals surface area contributed by atoms with Gasteiger partial charge in [0.05, 0.1) is 6.54 Å². The number of nitrogens with one attached hydrogen (secondary N) is 1. The van der Waals surface area contributed by atoms with Crippen molar-refractivity contribution in [1.29, 1.82) is 0 Å². The van der Waals surface area contributed by atoms with Crippen molar-refractivity contribution >= 4 is 35.6 Å². The number of hydrogen-bond acceptors (Lipinski definition) is 2. The molecule has 0 heterocycles. The zero-order valence-corrected chi connectivity index (χ0v) is 16.9. The Kier molecular flexibility index (Phi) is 8.91. The van der Waals surface area contributed by atoms with Crippen molar-refractivity contribution in [2.45, 2.75) is 51.5 Å². The van der Waals surface area contributed by atoms with E-state index in [1.807, 2.05) is 6.07 Å². The summed E-state index contributed by atoms with van der Waals surface area (Å²) >= 11 is 0. The molecule has 3 N–H and O–H groups in total. The predicted octanol–water partition coefficient (Wildman–Crippen LogP) is 4.03. The van der Waals surface area contributed by atoms with Crippen LogP contribution >= 0.6 is 24.0 Å². The van der Waals surface area contributed by atoms with Crippen LogP contribution in [-0.4, -0.2) is 37.0 Å². The first-order valence-electron chi connectivity index (χ1n) is 8.43. The summed E-state index contributed by atoms with van der Waals surface area (Å²) in [6, 6.07) is 9.10. The van der Waals surface area contributed by atoms with E-state index in [1.54, 1.807) is 0 Å². The van der Waals surface area contributed by atoms with Gasteiger partial charge in [-0.3, -0.25) is 4.99 Å². The van der Waals surface area contributed by atoms with Crippen LogP contribution in [0.3, 0.4) is 0 Å². The summed E-state index contributed by atoms with van der Waals surface area (Å²) < 4.78 is 0. The molecule has 2 rings (SSSR count). The average Bonchev–Trinajstić information content (AvgIpc) is 3.01. The zero-order chi connectivity index (χ0) is 15.9. The van der Waals surface area contributed by atoms with E-state index in [0.717, 1.165) is 24.8 Å². The summed E-state index contributed by atoms with van der Waals surface area (Å²) in [6.07, 6.45) is 5.40. The van der Waals surface area contributed by atoms with Crippen molar-refractivity contribution in [2.24, 2.45) is 10.7 Å². The van der Waals surface area contributed by atoms with Crippen LogP contribution in [-0.2, 0) is 0 Å². The SMILES string of the molecule is CC(C)c1cccc(NC(N)=NCCN(C)C2CCCC2)c1.I. The second-order valence-corrected chi connectivity index (χ2v) is 6.59. The third-order valence-electron chi connectivity index (χ3n) is 4.51. The van der Waals surface area contributed by atoms with Crippen LogP contribution in [0.4, 0.5) is 5.69 Å². The highest BCUT2D eigenvalue weighted by molar-refractivity contribution is 14.0. The molecule has 1 aliphatic carbocycles. The number of nitrogens with two attached hydrogens (primary N) is 1. The van der Waals surface area contributed by atoms with Gasteiger partial charge < -0.3 is 16.0 Å². The van der Waals surface area contributed by atoms with E-state index in [2.05, 4.69) is 54.3 Å². The van der Waals surface area contributed by atoms with Crippen molar-refractivity contribution in [3.8, 4) is 0 Å². The normalized spacial score (nSPS) is 16.0. The minimum atomic E-state index is 0. The Balaban J connectivity index is 0.00000264. The van der Waals surface area contributed by atoms with Gasteiger partial charge in [-0.05, 0) is 43.5 Å². The maximum atomic E-state index is 5.99. The molecule has 1 aromatic carbocycles. The predicted molar refractivity (Wildman–Crippen MR) is 111 cm³/mol. The molecule has 0 aliphatic heterocycles. The van der Waals surface area contributed by atoms with Crippen LogP contribution in [0.15, 0.2) is 29.3 Å². The summed E-state index contributed by atoms with van der Waals surface area (Å²) in [4.78, 5) is 6.87. The Bertz CT molecular complexity index is 496. The van der Waals surface area contributed by atoms with Gasteiger partial charge in [-0.2, -0.15) is 0 Å². The van der Waals surface area contributed by atoms with E-state index >= 15 is 0 Å². The first-order valence-corrected chi connectivity index (χ1v) is 8.43. The standard InChI is InChI=1S/C18H30N4.HI/c1-14(2)15-7-6-8-16(13-15)21-18(19)20-11-12-22(3)17-9-4-5-10-17;/h6-8,13-14,17H,4-5,9-12H2,1-3H3,(H3,19,20,21);1H. The molecule has 4 nitrogen and oxygen atoms in total. The number of nitrogens with zero attached hydrogens (tertiary/aromatic N) is 2. The molecule has 0 bridgehead atoms. The lowest BCUT2D eigenvalue weighted by molar-refractivity contribution is 0.252. The molecule has 0 saturated heterocycles. The number of rotatable bonds is 6. The molecule has 0 amide bonds. The van der Waals surface area contributed by atoms with Gasteiger partial charge in [0.1, 0.15) is 0 Å². The van der Waals surface area contributed by atoms with Crippen molar-refractivity contribution in [1.82, 2.24) is 4.90 Å². The largest absolute Gasteiger partial charge is 0.370 e. The zero-order valence-electron chi connectivity index (χ0n) is 14.6. The Morgan fingerprint density at radius 1 is 1.35 bits per heavy atom. The third-order valence-corrected chi connectivity index (χ3v) is 4.51. The quantitative estimate of drug-likeness (QED) is 0.407. The van der Waals surface area contributed by atoms with Gasteiger partial charge in [0.2, 0.25) is 0 Å². The monoisotopic (exact) mass is 430 g/mol. The van der Waals surface area contributed by atoms with Crippen LogP contribution in [0.1, 0.15) is 51.0 Å². The Morgan fingerprint density at radius 3 is 2.70 bits per heavy atom. The molecule has 5 heteroatoms. The van der Waals surface area contributed by atoms with Crippen molar-refractivity contribution < 1.29 is 0 Å². The number of anilines is 1. The number of likely N-dealkylation sites (N-methyl/N-ethyl adjacent to an activating group) is 1. The summed E-state index contributed by atoms with van der Waals surface area (Å²) in [7, 11) is 2.20. The molecule has 0 radical (unpaired) electrons. The first-order chi connectivity index (χ1) is 10.6. The molecule has 1 fully saturated rings. The van der Waals surface area contributed by atoms with Gasteiger partial charge in [-0.15, -0.1) is 24.0 Å². The number of halogens is 1. The van der Waals surface area contributed by atoms with Gasteiger partial charge >= 0.3 is 0 Å². The van der Waals surface area contributed by atoms with Gasteiger partial charge in [-0.25, -0.2) is 0 Å². The molecule has 0 unspecified atom stereocenters. The molecule has 0 aromatic heterocycles. The molecule has 1 saturated carbocycles. The van der Waals surface area contributed by atoms with Crippen molar-refractivity contribution in [3.63, 3.8) is 0 Å². The van der Waals surface area contributed by atoms with Gasteiger partial charge in [0, 0.05) is 18.3 Å². The number of guanidine groups is 1. The highest BCUT2D eigenvalue weighted by atomic mass is 127. The molecule has 0 spiro atoms. The van der Waals surface area contributed by atoms with Crippen LogP contribution in [0.25, 0.3) is 0 Å². The topological polar surface area (TPSA) is 53.6 Å². The van der Waals surface area contributed by atoms with Crippen LogP contribution < -0.4 is 11.1 Å². The Labute approximate surface area is 157 Å². The van der Waals surface area contributed by atoms with Crippen molar-refractivity contribution in [3.05, 3.63) is 29.8 Å². The fourth-order valence-corrected chi connectivity index (χ4v) is 3.02. The van der Waals surface area contributed by atoms with Crippen molar-refractivity contribution in [2.75, 3.05) is 25.5 Å². The van der Waals surface area contributed by atoms with E-state index < -0.39 is 0 Å². The molecule has 1 aliphatic rings. The van der Waals surface area contributed by atoms with Gasteiger partial charge in [-0.1, -0.05) is 38.8 Å². The summed E-state index contributed by atoms with van der Waals surface area (Å²) in [5, 5.41) is 3.19. The maximum absolute atomic E-state index is 5.99. The van der Waals surface area contributed by atoms with Crippen LogP contribution in [0.2, 0.25) is 0 Å². The average molecular weight is 430 g/mol. The van der Waals surface area contributed by atoms with Crippen LogP contribution in [0, 0.1) is 0 Å². The maximum Gasteiger partial charge on any atom is 0.193 e. The van der Waals surface area contributed by atoms with E-state index in [-0.39, 0.29) is 24.0 Å². The second kappa shape index (κ2) is 10.1. The van der Waals surface area contributed by atoms with E-state index in [9.17, 15) is 0 Å². The summed E-state index contributed by atoms with van der Waals surface area (Å²) in [6.45, 7) is 6.10. The van der Waals surface area contributed by atoms with Gasteiger partial charge in [0.25, 0.3) is 0 Å². The highest BCUT2D eigenvalue weighted by Gasteiger charge is 2.18. The molecule has 130 valence electrons. The fraction of sp³-hybridized carbons (Fsp3) is 0.611. The van der Waals surface area contributed by atoms with E-state index in [0.29, 0.717) is 11.9 Å².